The van der Waals surface area contributed by atoms with Gasteiger partial charge in [0, 0.05) is 13.1 Å². The smallest absolute Gasteiger partial charge is 0.407 e. The molecule has 2 N–H and O–H groups in total. The zero-order valence-electron chi connectivity index (χ0n) is 11.2. The molecule has 0 heterocycles. The number of hydrogen-bond donors (Lipinski definition) is 2. The van der Waals surface area contributed by atoms with Crippen LogP contribution in [0.4, 0.5) is 4.79 Å². The summed E-state index contributed by atoms with van der Waals surface area (Å²) in [5, 5.41) is 5.97. The van der Waals surface area contributed by atoms with Gasteiger partial charge in [-0.25, -0.2) is 4.79 Å². The summed E-state index contributed by atoms with van der Waals surface area (Å²) in [6.45, 7) is 12.3. The molecule has 0 aliphatic carbocycles. The van der Waals surface area contributed by atoms with Crippen molar-refractivity contribution in [2.24, 2.45) is 5.92 Å². The van der Waals surface area contributed by atoms with E-state index in [9.17, 15) is 4.79 Å². The van der Waals surface area contributed by atoms with Crippen molar-refractivity contribution in [1.82, 2.24) is 10.6 Å². The van der Waals surface area contributed by atoms with Crippen LogP contribution >= 0.6 is 0 Å². The largest absolute Gasteiger partial charge is 0.444 e. The zero-order valence-corrected chi connectivity index (χ0v) is 11.2. The van der Waals surface area contributed by atoms with Gasteiger partial charge in [0.1, 0.15) is 5.60 Å². The molecule has 0 aliphatic heterocycles. The van der Waals surface area contributed by atoms with E-state index in [1.54, 1.807) is 0 Å². The monoisotopic (exact) mass is 230 g/mol. The molecule has 4 heteroatoms. The highest BCUT2D eigenvalue weighted by Gasteiger charge is 2.15. The van der Waals surface area contributed by atoms with Gasteiger partial charge < -0.3 is 15.4 Å². The standard InChI is InChI=1S/C12H26N2O2/c1-10(2)6-7-13-8-9-14-11(15)16-12(3,4)5/h10,13H,6-9H2,1-5H3,(H,14,15). The lowest BCUT2D eigenvalue weighted by molar-refractivity contribution is 0.0528. The van der Waals surface area contributed by atoms with Gasteiger partial charge in [-0.1, -0.05) is 13.8 Å². The number of rotatable bonds is 6. The van der Waals surface area contributed by atoms with Gasteiger partial charge in [0.2, 0.25) is 0 Å². The second kappa shape index (κ2) is 7.49. The molecule has 96 valence electrons. The number of carbonyl (C=O) groups excluding carboxylic acids is 1. The van der Waals surface area contributed by atoms with Crippen molar-refractivity contribution in [1.29, 1.82) is 0 Å². The highest BCUT2D eigenvalue weighted by Crippen LogP contribution is 2.05. The molecular weight excluding hydrogens is 204 g/mol. The predicted molar refractivity (Wildman–Crippen MR) is 66.6 cm³/mol. The Morgan fingerprint density at radius 1 is 1.19 bits per heavy atom. The lowest BCUT2D eigenvalue weighted by Gasteiger charge is -2.19. The van der Waals surface area contributed by atoms with Crippen LogP contribution in [0.5, 0.6) is 0 Å². The molecule has 16 heavy (non-hydrogen) atoms. The van der Waals surface area contributed by atoms with Crippen LogP contribution in [0.1, 0.15) is 41.0 Å². The summed E-state index contributed by atoms with van der Waals surface area (Å²) in [7, 11) is 0. The Morgan fingerprint density at radius 3 is 2.31 bits per heavy atom. The molecule has 0 aromatic carbocycles. The molecule has 4 nitrogen and oxygen atoms in total. The SMILES string of the molecule is CC(C)CCNCCNC(=O)OC(C)(C)C. The van der Waals surface area contributed by atoms with Crippen LogP contribution < -0.4 is 10.6 Å². The maximum absolute atomic E-state index is 11.2. The third kappa shape index (κ3) is 11.3. The lowest BCUT2D eigenvalue weighted by Crippen LogP contribution is -2.36. The van der Waals surface area contributed by atoms with Gasteiger partial charge in [0.25, 0.3) is 0 Å². The van der Waals surface area contributed by atoms with Crippen LogP contribution in [-0.4, -0.2) is 31.3 Å². The number of alkyl carbamates (subject to hydrolysis) is 1. The average molecular weight is 230 g/mol. The van der Waals surface area contributed by atoms with Crippen molar-refractivity contribution >= 4 is 6.09 Å². The van der Waals surface area contributed by atoms with E-state index in [2.05, 4.69) is 24.5 Å². The Labute approximate surface area is 99.1 Å². The molecule has 0 unspecified atom stereocenters. The molecule has 0 atom stereocenters. The predicted octanol–water partition coefficient (Wildman–Crippen LogP) is 2.15. The minimum atomic E-state index is -0.421. The lowest BCUT2D eigenvalue weighted by atomic mass is 10.1. The first-order valence-electron chi connectivity index (χ1n) is 5.99. The van der Waals surface area contributed by atoms with Gasteiger partial charge in [0.05, 0.1) is 0 Å². The van der Waals surface area contributed by atoms with Crippen LogP contribution in [0.2, 0.25) is 0 Å². The third-order valence-corrected chi connectivity index (χ3v) is 1.87. The highest BCUT2D eigenvalue weighted by atomic mass is 16.6. The molecule has 0 fully saturated rings. The summed E-state index contributed by atoms with van der Waals surface area (Å²) < 4.78 is 5.10. The highest BCUT2D eigenvalue weighted by molar-refractivity contribution is 5.67. The first-order chi connectivity index (χ1) is 7.31. The molecule has 0 spiro atoms. The van der Waals surface area contributed by atoms with Crippen LogP contribution in [0, 0.1) is 5.92 Å². The zero-order chi connectivity index (χ0) is 12.6. The average Bonchev–Trinajstić information content (AvgIpc) is 2.07. The van der Waals surface area contributed by atoms with Crippen molar-refractivity contribution in [3.63, 3.8) is 0 Å². The first-order valence-corrected chi connectivity index (χ1v) is 5.99. The van der Waals surface area contributed by atoms with Gasteiger partial charge >= 0.3 is 6.09 Å². The summed E-state index contributed by atoms with van der Waals surface area (Å²) in [4.78, 5) is 11.2. The normalized spacial score (nSPS) is 11.6. The van der Waals surface area contributed by atoms with Gasteiger partial charge in [-0.3, -0.25) is 0 Å². The van der Waals surface area contributed by atoms with Crippen molar-refractivity contribution in [2.45, 2.75) is 46.6 Å². The quantitative estimate of drug-likeness (QED) is 0.687. The van der Waals surface area contributed by atoms with Crippen molar-refractivity contribution < 1.29 is 9.53 Å². The van der Waals surface area contributed by atoms with Crippen molar-refractivity contribution in [3.05, 3.63) is 0 Å². The van der Waals surface area contributed by atoms with E-state index in [-0.39, 0.29) is 6.09 Å². The molecule has 0 saturated heterocycles. The number of nitrogens with one attached hydrogen (secondary N) is 2. The maximum atomic E-state index is 11.2. The first kappa shape index (κ1) is 15.2. The fraction of sp³-hybridized carbons (Fsp3) is 0.917. The summed E-state index contributed by atoms with van der Waals surface area (Å²) in [5.74, 6) is 0.714. The fourth-order valence-corrected chi connectivity index (χ4v) is 1.08. The van der Waals surface area contributed by atoms with E-state index in [0.29, 0.717) is 12.5 Å². The molecule has 0 rings (SSSR count). The van der Waals surface area contributed by atoms with Gasteiger partial charge in [-0.2, -0.15) is 0 Å². The number of ether oxygens (including phenoxy) is 1. The molecular formula is C12H26N2O2. The Morgan fingerprint density at radius 2 is 1.81 bits per heavy atom. The number of hydrogen-bond acceptors (Lipinski definition) is 3. The topological polar surface area (TPSA) is 50.4 Å². The minimum Gasteiger partial charge on any atom is -0.444 e. The van der Waals surface area contributed by atoms with Gasteiger partial charge in [-0.15, -0.1) is 0 Å². The van der Waals surface area contributed by atoms with E-state index >= 15 is 0 Å². The summed E-state index contributed by atoms with van der Waals surface area (Å²) in [6, 6.07) is 0. The third-order valence-electron chi connectivity index (χ3n) is 1.87. The van der Waals surface area contributed by atoms with E-state index in [4.69, 9.17) is 4.74 Å². The molecule has 0 radical (unpaired) electrons. The molecule has 0 aliphatic rings. The molecule has 0 aromatic heterocycles. The molecule has 0 saturated carbocycles. The fourth-order valence-electron chi connectivity index (χ4n) is 1.08. The van der Waals surface area contributed by atoms with E-state index < -0.39 is 5.60 Å². The summed E-state index contributed by atoms with van der Waals surface area (Å²) in [5.41, 5.74) is -0.421. The van der Waals surface area contributed by atoms with Crippen LogP contribution in [-0.2, 0) is 4.74 Å². The summed E-state index contributed by atoms with van der Waals surface area (Å²) >= 11 is 0. The Balaban J connectivity index is 3.35. The Hall–Kier alpha value is -0.770. The Kier molecular flexibility index (Phi) is 7.13. The van der Waals surface area contributed by atoms with E-state index in [1.165, 1.54) is 0 Å². The second-order valence-electron chi connectivity index (χ2n) is 5.36. The van der Waals surface area contributed by atoms with Crippen molar-refractivity contribution in [3.8, 4) is 0 Å². The van der Waals surface area contributed by atoms with Crippen LogP contribution in [0.25, 0.3) is 0 Å². The van der Waals surface area contributed by atoms with Crippen molar-refractivity contribution in [2.75, 3.05) is 19.6 Å². The number of amides is 1. The minimum absolute atomic E-state index is 0.349. The molecule has 0 bridgehead atoms. The summed E-state index contributed by atoms with van der Waals surface area (Å²) in [6.07, 6.45) is 0.810. The van der Waals surface area contributed by atoms with E-state index in [0.717, 1.165) is 19.5 Å². The molecule has 0 aromatic rings. The van der Waals surface area contributed by atoms with Gasteiger partial charge in [-0.05, 0) is 39.7 Å². The Bertz CT molecular complexity index is 198. The number of carbonyl (C=O) groups is 1. The van der Waals surface area contributed by atoms with Crippen LogP contribution in [0.3, 0.4) is 0 Å². The maximum Gasteiger partial charge on any atom is 0.407 e. The van der Waals surface area contributed by atoms with Gasteiger partial charge in [0.15, 0.2) is 0 Å². The second-order valence-corrected chi connectivity index (χ2v) is 5.36. The van der Waals surface area contributed by atoms with Crippen LogP contribution in [0.15, 0.2) is 0 Å². The molecule has 1 amide bonds. The van der Waals surface area contributed by atoms with E-state index in [1.807, 2.05) is 20.8 Å².